The van der Waals surface area contributed by atoms with E-state index in [0.717, 1.165) is 30.1 Å². The van der Waals surface area contributed by atoms with Crippen molar-refractivity contribution in [2.75, 3.05) is 33.2 Å². The third kappa shape index (κ3) is 4.47. The monoisotopic (exact) mass is 459 g/mol. The highest BCUT2D eigenvalue weighted by Gasteiger charge is 2.33. The highest BCUT2D eigenvalue weighted by atomic mass is 35.5. The number of rotatable bonds is 6. The highest BCUT2D eigenvalue weighted by molar-refractivity contribution is 6.42. The van der Waals surface area contributed by atoms with Crippen molar-refractivity contribution in [3.63, 3.8) is 0 Å². The number of imide groups is 1. The Morgan fingerprint density at radius 2 is 1.68 bits per heavy atom. The number of nitrogens with zero attached hydrogens (tertiary/aromatic N) is 3. The number of hydrogen-bond acceptors (Lipinski definition) is 4. The Morgan fingerprint density at radius 3 is 2.39 bits per heavy atom. The molecule has 0 atom stereocenters. The molecule has 0 radical (unpaired) electrons. The second kappa shape index (κ2) is 8.99. The lowest BCUT2D eigenvalue weighted by molar-refractivity contribution is 0.0691. The summed E-state index contributed by atoms with van der Waals surface area (Å²) in [5.74, 6) is -0.925. The minimum Gasteiger partial charge on any atom is -0.333 e. The number of benzene rings is 2. The van der Waals surface area contributed by atoms with Crippen LogP contribution >= 0.6 is 23.2 Å². The largest absolute Gasteiger partial charge is 0.333 e. The Hall–Kier alpha value is -2.41. The first-order valence-electron chi connectivity index (χ1n) is 10.3. The van der Waals surface area contributed by atoms with Crippen LogP contribution in [0.2, 0.25) is 10.0 Å². The molecule has 0 saturated carbocycles. The van der Waals surface area contributed by atoms with Gasteiger partial charge in [0.1, 0.15) is 0 Å². The van der Waals surface area contributed by atoms with Crippen LogP contribution in [0.25, 0.3) is 0 Å². The van der Waals surface area contributed by atoms with Gasteiger partial charge in [-0.1, -0.05) is 29.3 Å². The summed E-state index contributed by atoms with van der Waals surface area (Å²) in [5.41, 5.74) is 1.86. The van der Waals surface area contributed by atoms with Crippen LogP contribution in [0.3, 0.4) is 0 Å². The van der Waals surface area contributed by atoms with Crippen molar-refractivity contribution in [3.05, 3.63) is 68.7 Å². The van der Waals surface area contributed by atoms with Gasteiger partial charge in [0.25, 0.3) is 17.7 Å². The molecule has 0 spiro atoms. The lowest BCUT2D eigenvalue weighted by Crippen LogP contribution is -2.37. The van der Waals surface area contributed by atoms with Gasteiger partial charge in [0.05, 0.1) is 21.2 Å². The van der Waals surface area contributed by atoms with Crippen molar-refractivity contribution in [1.82, 2.24) is 14.7 Å². The van der Waals surface area contributed by atoms with Crippen LogP contribution in [0.1, 0.15) is 49.5 Å². The van der Waals surface area contributed by atoms with Crippen molar-refractivity contribution in [3.8, 4) is 0 Å². The van der Waals surface area contributed by atoms with Gasteiger partial charge in [-0.25, -0.2) is 0 Å². The summed E-state index contributed by atoms with van der Waals surface area (Å²) in [7, 11) is 1.44. The minimum absolute atomic E-state index is 0.192. The van der Waals surface area contributed by atoms with E-state index in [0.29, 0.717) is 34.3 Å². The van der Waals surface area contributed by atoms with Crippen LogP contribution in [0.5, 0.6) is 0 Å². The summed E-state index contributed by atoms with van der Waals surface area (Å²) >= 11 is 12.2. The van der Waals surface area contributed by atoms with Gasteiger partial charge in [-0.05, 0) is 61.8 Å². The fourth-order valence-electron chi connectivity index (χ4n) is 4.06. The van der Waals surface area contributed by atoms with Crippen LogP contribution in [0, 0.1) is 0 Å². The average molecular weight is 460 g/mol. The molecule has 1 fully saturated rings. The van der Waals surface area contributed by atoms with Crippen LogP contribution < -0.4 is 0 Å². The minimum atomic E-state index is -0.386. The summed E-state index contributed by atoms with van der Waals surface area (Å²) in [6, 6.07) is 10.0. The summed E-state index contributed by atoms with van der Waals surface area (Å²) in [5, 5.41) is 0.905. The van der Waals surface area contributed by atoms with Gasteiger partial charge in [-0.3, -0.25) is 19.3 Å². The fraction of sp³-hybridized carbons (Fsp3) is 0.348. The molecule has 0 aliphatic carbocycles. The number of carbonyl (C=O) groups excluding carboxylic acids is 3. The van der Waals surface area contributed by atoms with Crippen molar-refractivity contribution in [2.45, 2.75) is 19.4 Å². The SMILES string of the molecule is CN1C(=O)c2ccc(C(=O)N(CCN3CCCC3)Cc3ccc(Cl)c(Cl)c3)cc2C1=O. The molecule has 6 nitrogen and oxygen atoms in total. The van der Waals surface area contributed by atoms with E-state index in [4.69, 9.17) is 23.2 Å². The summed E-state index contributed by atoms with van der Waals surface area (Å²) in [4.78, 5) is 43.1. The first kappa shape index (κ1) is 21.8. The van der Waals surface area contributed by atoms with E-state index in [9.17, 15) is 14.4 Å². The molecular weight excluding hydrogens is 437 g/mol. The van der Waals surface area contributed by atoms with Crippen LogP contribution in [-0.4, -0.2) is 65.6 Å². The third-order valence-corrected chi connectivity index (χ3v) is 6.61. The number of halogens is 2. The molecule has 8 heteroatoms. The van der Waals surface area contributed by atoms with E-state index >= 15 is 0 Å². The van der Waals surface area contributed by atoms with Crippen molar-refractivity contribution >= 4 is 40.9 Å². The summed E-state index contributed by atoms with van der Waals surface area (Å²) in [6.45, 7) is 3.77. The number of hydrogen-bond donors (Lipinski definition) is 0. The zero-order chi connectivity index (χ0) is 22.1. The lowest BCUT2D eigenvalue weighted by Gasteiger charge is -2.26. The maximum Gasteiger partial charge on any atom is 0.261 e. The predicted octanol–water partition coefficient (Wildman–Crippen LogP) is 3.96. The van der Waals surface area contributed by atoms with E-state index in [1.807, 2.05) is 6.07 Å². The van der Waals surface area contributed by atoms with Crippen molar-refractivity contribution < 1.29 is 14.4 Å². The molecule has 0 bridgehead atoms. The summed E-state index contributed by atoms with van der Waals surface area (Å²) in [6.07, 6.45) is 2.35. The molecular formula is C23H23Cl2N3O3. The molecule has 2 aromatic rings. The third-order valence-electron chi connectivity index (χ3n) is 5.87. The number of amides is 3. The van der Waals surface area contributed by atoms with Gasteiger partial charge in [0.2, 0.25) is 0 Å². The first-order chi connectivity index (χ1) is 14.8. The van der Waals surface area contributed by atoms with Gasteiger partial charge in [-0.2, -0.15) is 0 Å². The van der Waals surface area contributed by atoms with E-state index in [1.54, 1.807) is 29.2 Å². The maximum atomic E-state index is 13.4. The molecule has 31 heavy (non-hydrogen) atoms. The number of carbonyl (C=O) groups is 3. The molecule has 0 aromatic heterocycles. The van der Waals surface area contributed by atoms with Crippen LogP contribution in [-0.2, 0) is 6.54 Å². The smallest absolute Gasteiger partial charge is 0.261 e. The Kier molecular flexibility index (Phi) is 6.32. The molecule has 2 aromatic carbocycles. The molecule has 2 heterocycles. The molecule has 162 valence electrons. The van der Waals surface area contributed by atoms with E-state index in [1.165, 1.54) is 26.0 Å². The van der Waals surface area contributed by atoms with E-state index < -0.39 is 0 Å². The number of fused-ring (bicyclic) bond motifs is 1. The first-order valence-corrected chi connectivity index (χ1v) is 11.0. The predicted molar refractivity (Wildman–Crippen MR) is 120 cm³/mol. The van der Waals surface area contributed by atoms with Crippen LogP contribution in [0.4, 0.5) is 0 Å². The standard InChI is InChI=1S/C23H23Cl2N3O3/c1-26-22(30)17-6-5-16(13-18(17)23(26)31)21(29)28(11-10-27-8-2-3-9-27)14-15-4-7-19(24)20(25)12-15/h4-7,12-13H,2-3,8-11,14H2,1H3. The zero-order valence-electron chi connectivity index (χ0n) is 17.2. The quantitative estimate of drug-likeness (QED) is 0.613. The Labute approximate surface area is 191 Å². The molecule has 1 saturated heterocycles. The molecule has 2 aliphatic rings. The normalized spacial score (nSPS) is 16.2. The molecule has 3 amide bonds. The van der Waals surface area contributed by atoms with Gasteiger partial charge in [0, 0.05) is 32.2 Å². The van der Waals surface area contributed by atoms with Gasteiger partial charge >= 0.3 is 0 Å². The summed E-state index contributed by atoms with van der Waals surface area (Å²) < 4.78 is 0. The number of likely N-dealkylation sites (tertiary alicyclic amines) is 1. The molecule has 4 rings (SSSR count). The van der Waals surface area contributed by atoms with E-state index in [-0.39, 0.29) is 23.3 Å². The topological polar surface area (TPSA) is 60.9 Å². The molecule has 0 unspecified atom stereocenters. The Balaban J connectivity index is 1.59. The molecule has 2 aliphatic heterocycles. The van der Waals surface area contributed by atoms with Gasteiger partial charge in [0.15, 0.2) is 0 Å². The lowest BCUT2D eigenvalue weighted by atomic mass is 10.0. The molecule has 0 N–H and O–H groups in total. The Bertz CT molecular complexity index is 1050. The highest BCUT2D eigenvalue weighted by Crippen LogP contribution is 2.26. The second-order valence-corrected chi connectivity index (χ2v) is 8.77. The maximum absolute atomic E-state index is 13.4. The second-order valence-electron chi connectivity index (χ2n) is 7.95. The van der Waals surface area contributed by atoms with Crippen molar-refractivity contribution in [2.24, 2.45) is 0 Å². The van der Waals surface area contributed by atoms with Crippen LogP contribution in [0.15, 0.2) is 36.4 Å². The zero-order valence-corrected chi connectivity index (χ0v) is 18.7. The van der Waals surface area contributed by atoms with Gasteiger partial charge in [-0.15, -0.1) is 0 Å². The fourth-order valence-corrected chi connectivity index (χ4v) is 4.38. The van der Waals surface area contributed by atoms with E-state index in [2.05, 4.69) is 4.90 Å². The van der Waals surface area contributed by atoms with Crippen molar-refractivity contribution in [1.29, 1.82) is 0 Å². The van der Waals surface area contributed by atoms with Gasteiger partial charge < -0.3 is 9.80 Å². The average Bonchev–Trinajstić information content (AvgIpc) is 3.36. The Morgan fingerprint density at radius 1 is 0.968 bits per heavy atom.